The van der Waals surface area contributed by atoms with E-state index in [1.54, 1.807) is 24.3 Å². The molecule has 0 radical (unpaired) electrons. The minimum atomic E-state index is -0.509. The second-order valence-electron chi connectivity index (χ2n) is 5.72. The zero-order valence-electron chi connectivity index (χ0n) is 12.9. The zero-order chi connectivity index (χ0) is 16.2. The Morgan fingerprint density at radius 1 is 1.22 bits per heavy atom. The first-order valence-electron chi connectivity index (χ1n) is 7.68. The van der Waals surface area contributed by atoms with Gasteiger partial charge in [0, 0.05) is 5.92 Å². The molecule has 0 spiro atoms. The Kier molecular flexibility index (Phi) is 4.57. The Hall–Kier alpha value is -2.40. The molecule has 1 atom stereocenters. The van der Waals surface area contributed by atoms with E-state index < -0.39 is 5.82 Å². The van der Waals surface area contributed by atoms with Crippen LogP contribution in [0.5, 0.6) is 11.5 Å². The molecule has 1 unspecified atom stereocenters. The second kappa shape index (κ2) is 6.79. The lowest BCUT2D eigenvalue weighted by Crippen LogP contribution is -2.48. The van der Waals surface area contributed by atoms with Gasteiger partial charge in [-0.3, -0.25) is 4.79 Å². The third-order valence-corrected chi connectivity index (χ3v) is 4.13. The molecule has 5 heteroatoms. The van der Waals surface area contributed by atoms with E-state index in [9.17, 15) is 9.18 Å². The molecule has 1 saturated heterocycles. The standard InChI is InChI=1S/C18H19FN2O2/c1-12(13-10-20-11-13)18(22)21-17-15(19)8-5-9-16(17)23-14-6-3-2-4-7-14/h2-9,12-13,20H,10-11H2,1H3,(H,21,22). The van der Waals surface area contributed by atoms with E-state index in [0.29, 0.717) is 17.4 Å². The number of carbonyl (C=O) groups is 1. The Morgan fingerprint density at radius 3 is 2.61 bits per heavy atom. The summed E-state index contributed by atoms with van der Waals surface area (Å²) in [4.78, 5) is 12.3. The van der Waals surface area contributed by atoms with Gasteiger partial charge in [0.1, 0.15) is 11.4 Å². The summed E-state index contributed by atoms with van der Waals surface area (Å²) < 4.78 is 19.9. The average molecular weight is 314 g/mol. The summed E-state index contributed by atoms with van der Waals surface area (Å²) in [6.07, 6.45) is 0. The van der Waals surface area contributed by atoms with E-state index in [4.69, 9.17) is 4.74 Å². The second-order valence-corrected chi connectivity index (χ2v) is 5.72. The molecule has 1 amide bonds. The van der Waals surface area contributed by atoms with Gasteiger partial charge in [0.2, 0.25) is 5.91 Å². The number of hydrogen-bond donors (Lipinski definition) is 2. The van der Waals surface area contributed by atoms with Crippen LogP contribution in [-0.4, -0.2) is 19.0 Å². The van der Waals surface area contributed by atoms with Gasteiger partial charge in [0.15, 0.2) is 11.6 Å². The van der Waals surface area contributed by atoms with Crippen LogP contribution in [0.3, 0.4) is 0 Å². The highest BCUT2D eigenvalue weighted by Gasteiger charge is 2.29. The van der Waals surface area contributed by atoms with Crippen molar-refractivity contribution in [3.05, 3.63) is 54.3 Å². The lowest BCUT2D eigenvalue weighted by atomic mass is 9.88. The van der Waals surface area contributed by atoms with Crippen molar-refractivity contribution in [2.45, 2.75) is 6.92 Å². The van der Waals surface area contributed by atoms with Gasteiger partial charge in [0.05, 0.1) is 0 Å². The molecule has 4 nitrogen and oxygen atoms in total. The number of benzene rings is 2. The fraction of sp³-hybridized carbons (Fsp3) is 0.278. The lowest BCUT2D eigenvalue weighted by molar-refractivity contribution is -0.121. The molecule has 0 saturated carbocycles. The smallest absolute Gasteiger partial charge is 0.227 e. The van der Waals surface area contributed by atoms with Gasteiger partial charge in [-0.05, 0) is 43.3 Å². The first kappa shape index (κ1) is 15.5. The maximum Gasteiger partial charge on any atom is 0.227 e. The average Bonchev–Trinajstić information content (AvgIpc) is 2.50. The molecule has 1 heterocycles. The maximum absolute atomic E-state index is 14.2. The number of nitrogens with one attached hydrogen (secondary N) is 2. The third-order valence-electron chi connectivity index (χ3n) is 4.13. The highest BCUT2D eigenvalue weighted by Crippen LogP contribution is 2.32. The van der Waals surface area contributed by atoms with E-state index >= 15 is 0 Å². The summed E-state index contributed by atoms with van der Waals surface area (Å²) in [6, 6.07) is 13.6. The Morgan fingerprint density at radius 2 is 1.96 bits per heavy atom. The van der Waals surface area contributed by atoms with Crippen molar-refractivity contribution in [3.63, 3.8) is 0 Å². The first-order chi connectivity index (χ1) is 11.1. The number of halogens is 1. The predicted octanol–water partition coefficient (Wildman–Crippen LogP) is 3.41. The van der Waals surface area contributed by atoms with Crippen molar-refractivity contribution in [1.82, 2.24) is 5.32 Å². The summed E-state index contributed by atoms with van der Waals surface area (Å²) in [6.45, 7) is 3.50. The topological polar surface area (TPSA) is 50.4 Å². The summed E-state index contributed by atoms with van der Waals surface area (Å²) in [5.74, 6) is 0.291. The van der Waals surface area contributed by atoms with E-state index in [0.717, 1.165) is 13.1 Å². The quantitative estimate of drug-likeness (QED) is 0.889. The molecule has 3 rings (SSSR count). The van der Waals surface area contributed by atoms with Crippen LogP contribution in [0.15, 0.2) is 48.5 Å². The number of para-hydroxylation sites is 2. The fourth-order valence-corrected chi connectivity index (χ4v) is 2.44. The molecule has 2 aromatic carbocycles. The van der Waals surface area contributed by atoms with Crippen molar-refractivity contribution in [3.8, 4) is 11.5 Å². The van der Waals surface area contributed by atoms with Crippen molar-refractivity contribution < 1.29 is 13.9 Å². The number of carbonyl (C=O) groups excluding carboxylic acids is 1. The summed E-state index contributed by atoms with van der Waals surface area (Å²) in [5, 5.41) is 5.82. The van der Waals surface area contributed by atoms with Gasteiger partial charge in [-0.2, -0.15) is 0 Å². The fourth-order valence-electron chi connectivity index (χ4n) is 2.44. The highest BCUT2D eigenvalue weighted by molar-refractivity contribution is 5.94. The maximum atomic E-state index is 14.2. The van der Waals surface area contributed by atoms with Crippen molar-refractivity contribution in [2.24, 2.45) is 11.8 Å². The Balaban J connectivity index is 1.79. The van der Waals surface area contributed by atoms with Crippen LogP contribution in [0.2, 0.25) is 0 Å². The van der Waals surface area contributed by atoms with Crippen molar-refractivity contribution in [1.29, 1.82) is 0 Å². The van der Waals surface area contributed by atoms with E-state index in [1.807, 2.05) is 25.1 Å². The van der Waals surface area contributed by atoms with E-state index in [2.05, 4.69) is 10.6 Å². The van der Waals surface area contributed by atoms with Gasteiger partial charge in [0.25, 0.3) is 0 Å². The minimum absolute atomic E-state index is 0.0838. The monoisotopic (exact) mass is 314 g/mol. The first-order valence-corrected chi connectivity index (χ1v) is 7.68. The van der Waals surface area contributed by atoms with Crippen LogP contribution >= 0.6 is 0 Å². The molecular formula is C18H19FN2O2. The molecule has 0 aliphatic carbocycles. The molecule has 1 aliphatic rings. The predicted molar refractivity (Wildman–Crippen MR) is 87.1 cm³/mol. The number of hydrogen-bond acceptors (Lipinski definition) is 3. The van der Waals surface area contributed by atoms with Crippen LogP contribution in [0.4, 0.5) is 10.1 Å². The van der Waals surface area contributed by atoms with Crippen molar-refractivity contribution >= 4 is 11.6 Å². The third kappa shape index (κ3) is 3.51. The van der Waals surface area contributed by atoms with E-state index in [-0.39, 0.29) is 17.5 Å². The number of rotatable bonds is 5. The number of ether oxygens (including phenoxy) is 1. The molecule has 23 heavy (non-hydrogen) atoms. The van der Waals surface area contributed by atoms with Gasteiger partial charge < -0.3 is 15.4 Å². The van der Waals surface area contributed by atoms with Gasteiger partial charge in [-0.25, -0.2) is 4.39 Å². The number of anilines is 1. The zero-order valence-corrected chi connectivity index (χ0v) is 12.9. The number of amides is 1. The van der Waals surface area contributed by atoms with Crippen LogP contribution in [0.1, 0.15) is 6.92 Å². The van der Waals surface area contributed by atoms with E-state index in [1.165, 1.54) is 6.07 Å². The Labute approximate surface area is 134 Å². The molecule has 2 N–H and O–H groups in total. The van der Waals surface area contributed by atoms with Crippen LogP contribution in [-0.2, 0) is 4.79 Å². The van der Waals surface area contributed by atoms with Gasteiger partial charge >= 0.3 is 0 Å². The molecule has 1 fully saturated rings. The van der Waals surface area contributed by atoms with Crippen LogP contribution < -0.4 is 15.4 Å². The highest BCUT2D eigenvalue weighted by atomic mass is 19.1. The molecule has 0 aromatic heterocycles. The Bertz CT molecular complexity index is 687. The largest absolute Gasteiger partial charge is 0.455 e. The molecule has 1 aliphatic heterocycles. The molecule has 2 aromatic rings. The normalized spacial score (nSPS) is 15.6. The molecule has 0 bridgehead atoms. The SMILES string of the molecule is CC(C(=O)Nc1c(F)cccc1Oc1ccccc1)C1CNC1. The summed E-state index contributed by atoms with van der Waals surface area (Å²) in [7, 11) is 0. The van der Waals surface area contributed by atoms with Crippen molar-refractivity contribution in [2.75, 3.05) is 18.4 Å². The van der Waals surface area contributed by atoms with Gasteiger partial charge in [-0.1, -0.05) is 31.2 Å². The minimum Gasteiger partial charge on any atom is -0.455 e. The lowest BCUT2D eigenvalue weighted by Gasteiger charge is -2.31. The van der Waals surface area contributed by atoms with Crippen LogP contribution in [0, 0.1) is 17.7 Å². The van der Waals surface area contributed by atoms with Crippen LogP contribution in [0.25, 0.3) is 0 Å². The molecular weight excluding hydrogens is 295 g/mol. The molecule has 120 valence electrons. The van der Waals surface area contributed by atoms with Gasteiger partial charge in [-0.15, -0.1) is 0 Å². The summed E-state index contributed by atoms with van der Waals surface area (Å²) >= 11 is 0. The summed E-state index contributed by atoms with van der Waals surface area (Å²) in [5.41, 5.74) is 0.0838.